The summed E-state index contributed by atoms with van der Waals surface area (Å²) in [4.78, 5) is 12.4. The monoisotopic (exact) mass is 536 g/mol. The predicted octanol–water partition coefficient (Wildman–Crippen LogP) is 9.95. The van der Waals surface area contributed by atoms with Gasteiger partial charge in [0.25, 0.3) is 0 Å². The molecule has 0 spiro atoms. The van der Waals surface area contributed by atoms with Crippen LogP contribution >= 0.6 is 11.8 Å². The van der Waals surface area contributed by atoms with Crippen molar-refractivity contribution in [2.45, 2.75) is 143 Å². The number of hydrogen-bond donors (Lipinski definition) is 0. The molecule has 0 aromatic heterocycles. The number of carbonyl (C=O) groups is 1. The van der Waals surface area contributed by atoms with Crippen LogP contribution in [0.5, 0.6) is 5.75 Å². The third-order valence-electron chi connectivity index (χ3n) is 6.60. The van der Waals surface area contributed by atoms with Gasteiger partial charge in [0.1, 0.15) is 5.75 Å². The largest absolute Gasteiger partial charge is 0.520 e. The molecule has 0 saturated heterocycles. The Morgan fingerprint density at radius 1 is 0.833 bits per heavy atom. The third-order valence-corrected chi connectivity index (χ3v) is 11.3. The van der Waals surface area contributed by atoms with Gasteiger partial charge in [-0.15, -0.1) is 0 Å². The summed E-state index contributed by atoms with van der Waals surface area (Å²) < 4.78 is 13.6. The van der Waals surface area contributed by atoms with Crippen LogP contribution in [0.2, 0.25) is 12.1 Å². The van der Waals surface area contributed by atoms with Crippen LogP contribution in [0.15, 0.2) is 18.2 Å². The number of unbranched alkanes of at least 4 members (excludes halogenated alkanes) is 4. The first-order valence-electron chi connectivity index (χ1n) is 14.5. The summed E-state index contributed by atoms with van der Waals surface area (Å²) in [6.45, 7) is 20.9. The maximum absolute atomic E-state index is 12.4. The molecular weight excluding hydrogens is 480 g/mol. The zero-order chi connectivity index (χ0) is 27.2. The van der Waals surface area contributed by atoms with E-state index in [0.29, 0.717) is 11.5 Å². The molecule has 0 bridgehead atoms. The fraction of sp³-hybridized carbons (Fsp3) is 0.774. The van der Waals surface area contributed by atoms with Crippen LogP contribution < -0.4 is 4.43 Å². The number of carbonyl (C=O) groups excluding carboxylic acids is 1. The van der Waals surface area contributed by atoms with Gasteiger partial charge in [-0.1, -0.05) is 118 Å². The van der Waals surface area contributed by atoms with Crippen LogP contribution in [0.1, 0.15) is 131 Å². The lowest BCUT2D eigenvalue weighted by atomic mass is 9.80. The molecule has 36 heavy (non-hydrogen) atoms. The van der Waals surface area contributed by atoms with Crippen molar-refractivity contribution in [1.29, 1.82) is 0 Å². The fourth-order valence-electron chi connectivity index (χ4n) is 4.41. The summed E-state index contributed by atoms with van der Waals surface area (Å²) in [6.07, 6.45) is 9.69. The summed E-state index contributed by atoms with van der Waals surface area (Å²) in [5, 5.41) is 0.345. The Hall–Kier alpha value is -0.783. The second-order valence-corrected chi connectivity index (χ2v) is 16.8. The number of hydrogen-bond acceptors (Lipinski definition) is 4. The first kappa shape index (κ1) is 33.2. The standard InChI is InChI=1S/C31H56O3SSi/c1-10-13-14-15-16-18-29(32)35-22-17-24-36(23-12-3,33-21-11-2)34-28-20-19-26(30(4,5)6)25-27(28)31(7,8)9/h19-20,25H,10-18,21-24H2,1-9H3. The van der Waals surface area contributed by atoms with Crippen molar-refractivity contribution in [1.82, 2.24) is 0 Å². The van der Waals surface area contributed by atoms with Gasteiger partial charge in [-0.25, -0.2) is 0 Å². The topological polar surface area (TPSA) is 35.5 Å². The Balaban J connectivity index is 2.97. The Morgan fingerprint density at radius 2 is 1.53 bits per heavy atom. The van der Waals surface area contributed by atoms with Crippen LogP contribution in [0, 0.1) is 0 Å². The zero-order valence-electron chi connectivity index (χ0n) is 25.1. The number of thioether (sulfide) groups is 1. The quantitative estimate of drug-likeness (QED) is 0.147. The predicted molar refractivity (Wildman–Crippen MR) is 162 cm³/mol. The van der Waals surface area contributed by atoms with E-state index >= 15 is 0 Å². The smallest absolute Gasteiger partial charge is 0.398 e. The minimum Gasteiger partial charge on any atom is -0.520 e. The summed E-state index contributed by atoms with van der Waals surface area (Å²) in [7, 11) is -2.47. The Morgan fingerprint density at radius 3 is 2.11 bits per heavy atom. The molecule has 0 fully saturated rings. The highest BCUT2D eigenvalue weighted by molar-refractivity contribution is 8.13. The molecule has 0 N–H and O–H groups in total. The minimum atomic E-state index is -2.47. The molecule has 1 unspecified atom stereocenters. The molecule has 1 atom stereocenters. The van der Waals surface area contributed by atoms with Gasteiger partial charge in [0.15, 0.2) is 5.12 Å². The maximum Gasteiger partial charge on any atom is 0.398 e. The molecule has 0 amide bonds. The van der Waals surface area contributed by atoms with Crippen molar-refractivity contribution in [3.05, 3.63) is 29.3 Å². The Bertz CT molecular complexity index is 766. The van der Waals surface area contributed by atoms with E-state index in [-0.39, 0.29) is 10.8 Å². The van der Waals surface area contributed by atoms with E-state index in [1.807, 2.05) is 0 Å². The van der Waals surface area contributed by atoms with Gasteiger partial charge >= 0.3 is 8.56 Å². The number of benzene rings is 1. The molecule has 1 aromatic rings. The summed E-state index contributed by atoms with van der Waals surface area (Å²) in [5.74, 6) is 1.85. The average Bonchev–Trinajstić information content (AvgIpc) is 2.79. The lowest BCUT2D eigenvalue weighted by molar-refractivity contribution is -0.111. The van der Waals surface area contributed by atoms with Gasteiger partial charge in [0.05, 0.1) is 0 Å². The minimum absolute atomic E-state index is 0.0207. The van der Waals surface area contributed by atoms with Crippen molar-refractivity contribution < 1.29 is 13.6 Å². The van der Waals surface area contributed by atoms with E-state index in [9.17, 15) is 4.79 Å². The highest BCUT2D eigenvalue weighted by Crippen LogP contribution is 2.38. The van der Waals surface area contributed by atoms with E-state index in [1.165, 1.54) is 48.6 Å². The second-order valence-electron chi connectivity index (χ2n) is 12.3. The fourth-order valence-corrected chi connectivity index (χ4v) is 8.91. The molecule has 3 nitrogen and oxygen atoms in total. The van der Waals surface area contributed by atoms with Gasteiger partial charge in [0, 0.05) is 30.9 Å². The van der Waals surface area contributed by atoms with E-state index in [4.69, 9.17) is 8.85 Å². The van der Waals surface area contributed by atoms with Crippen LogP contribution in [0.3, 0.4) is 0 Å². The van der Waals surface area contributed by atoms with Gasteiger partial charge < -0.3 is 8.85 Å². The normalized spacial score (nSPS) is 14.0. The first-order valence-corrected chi connectivity index (χ1v) is 17.7. The molecule has 1 rings (SSSR count). The van der Waals surface area contributed by atoms with Crippen molar-refractivity contribution in [3.63, 3.8) is 0 Å². The van der Waals surface area contributed by atoms with Gasteiger partial charge in [-0.3, -0.25) is 4.79 Å². The summed E-state index contributed by atoms with van der Waals surface area (Å²) in [6, 6.07) is 8.67. The molecule has 0 aliphatic heterocycles. The highest BCUT2D eigenvalue weighted by Gasteiger charge is 2.39. The molecule has 5 heteroatoms. The Kier molecular flexibility index (Phi) is 15.0. The van der Waals surface area contributed by atoms with Crippen molar-refractivity contribution in [2.24, 2.45) is 0 Å². The van der Waals surface area contributed by atoms with Crippen LogP contribution in [0.25, 0.3) is 0 Å². The SMILES string of the molecule is CCCCCCCC(=O)SCCC[Si](CCC)(OCCC)Oc1ccc(C(C)(C)C)cc1C(C)(C)C. The molecule has 0 heterocycles. The molecular formula is C31H56O3SSi. The van der Waals surface area contributed by atoms with E-state index in [2.05, 4.69) is 80.5 Å². The molecule has 0 saturated carbocycles. The lowest BCUT2D eigenvalue weighted by Crippen LogP contribution is -2.46. The second kappa shape index (κ2) is 16.2. The maximum atomic E-state index is 12.4. The third kappa shape index (κ3) is 12.2. The molecule has 0 aliphatic carbocycles. The van der Waals surface area contributed by atoms with Crippen LogP contribution in [-0.4, -0.2) is 26.0 Å². The van der Waals surface area contributed by atoms with E-state index < -0.39 is 8.56 Å². The number of rotatable bonds is 17. The lowest BCUT2D eigenvalue weighted by Gasteiger charge is -2.35. The molecule has 0 radical (unpaired) electrons. The average molecular weight is 537 g/mol. The molecule has 208 valence electrons. The van der Waals surface area contributed by atoms with Gasteiger partial charge in [-0.05, 0) is 47.3 Å². The first-order chi connectivity index (χ1) is 16.9. The molecule has 1 aromatic carbocycles. The Labute approximate surface area is 229 Å². The van der Waals surface area contributed by atoms with E-state index in [0.717, 1.165) is 55.9 Å². The highest BCUT2D eigenvalue weighted by atomic mass is 32.2. The van der Waals surface area contributed by atoms with Crippen LogP contribution in [-0.2, 0) is 20.1 Å². The van der Waals surface area contributed by atoms with Gasteiger partial charge in [-0.2, -0.15) is 0 Å². The van der Waals surface area contributed by atoms with Crippen LogP contribution in [0.4, 0.5) is 0 Å². The van der Waals surface area contributed by atoms with Crippen molar-refractivity contribution in [3.8, 4) is 5.75 Å². The van der Waals surface area contributed by atoms with Crippen molar-refractivity contribution >= 4 is 25.4 Å². The van der Waals surface area contributed by atoms with Gasteiger partial charge in [0.2, 0.25) is 0 Å². The van der Waals surface area contributed by atoms with Crippen molar-refractivity contribution in [2.75, 3.05) is 12.4 Å². The molecule has 0 aliphatic rings. The zero-order valence-corrected chi connectivity index (χ0v) is 26.9. The summed E-state index contributed by atoms with van der Waals surface area (Å²) in [5.41, 5.74) is 2.67. The van der Waals surface area contributed by atoms with E-state index in [1.54, 1.807) is 0 Å². The summed E-state index contributed by atoms with van der Waals surface area (Å²) >= 11 is 1.51.